The van der Waals surface area contributed by atoms with E-state index in [1.54, 1.807) is 11.3 Å². The van der Waals surface area contributed by atoms with E-state index in [0.717, 1.165) is 55.5 Å². The quantitative estimate of drug-likeness (QED) is 0.167. The van der Waals surface area contributed by atoms with Gasteiger partial charge in [0.1, 0.15) is 0 Å². The summed E-state index contributed by atoms with van der Waals surface area (Å²) in [7, 11) is 0. The molecule has 0 atom stereocenters. The molecule has 5 nitrogen and oxygen atoms in total. The Kier molecular flexibility index (Phi) is 8.81. The van der Waals surface area contributed by atoms with Crippen molar-refractivity contribution in [1.29, 1.82) is 0 Å². The summed E-state index contributed by atoms with van der Waals surface area (Å²) in [5.74, 6) is 1.91. The minimum Gasteiger partial charge on any atom is -0.307 e. The number of rotatable bonds is 6. The van der Waals surface area contributed by atoms with Crippen LogP contribution < -0.4 is 0 Å². The highest BCUT2D eigenvalue weighted by Crippen LogP contribution is 2.50. The zero-order valence-corrected chi connectivity index (χ0v) is 40.3. The molecule has 10 aromatic carbocycles. The van der Waals surface area contributed by atoms with Crippen LogP contribution in [-0.2, 0) is 5.41 Å². The van der Waals surface area contributed by atoms with Gasteiger partial charge in [0, 0.05) is 69.5 Å². The van der Waals surface area contributed by atoms with Gasteiger partial charge in [-0.15, -0.1) is 11.3 Å². The lowest BCUT2D eigenvalue weighted by atomic mass is 9.82. The highest BCUT2D eigenvalue weighted by atomic mass is 32.1. The predicted octanol–water partition coefficient (Wildman–Crippen LogP) is 17.4. The van der Waals surface area contributed by atoms with Crippen LogP contribution in [-0.4, -0.2) is 24.1 Å². The number of benzene rings is 10. The van der Waals surface area contributed by atoms with Crippen molar-refractivity contribution in [3.63, 3.8) is 0 Å². The standard InChI is InChI=1S/C66H43N5S/c1-66(2)54-25-10-6-20-46(54)47-33-30-42(37-55(47)66)63-67-64(69-65(68-63)44-32-35-52-51-23-9-13-29-60(51)72-61(52)39-44)43-31-34-50-48-21-7-12-27-57(48)71(59(50)38-43)58-28-15-24-53-49-22-8-11-26-56(49)70(62(53)58)45-19-14-18-41(36-45)40-16-4-3-5-17-40/h3-39H,1-2H3. The third-order valence-corrected chi connectivity index (χ3v) is 16.3. The molecular formula is C66H43N5S. The lowest BCUT2D eigenvalue weighted by molar-refractivity contribution is 0.660. The number of hydrogen-bond acceptors (Lipinski definition) is 4. The third-order valence-electron chi connectivity index (χ3n) is 15.2. The monoisotopic (exact) mass is 937 g/mol. The van der Waals surface area contributed by atoms with Crippen molar-refractivity contribution in [3.05, 3.63) is 236 Å². The summed E-state index contributed by atoms with van der Waals surface area (Å²) < 4.78 is 7.37. The van der Waals surface area contributed by atoms with Crippen molar-refractivity contribution in [3.8, 4) is 67.8 Å². The van der Waals surface area contributed by atoms with Crippen molar-refractivity contribution in [2.45, 2.75) is 19.3 Å². The lowest BCUT2D eigenvalue weighted by Gasteiger charge is -2.21. The van der Waals surface area contributed by atoms with Crippen LogP contribution in [0.3, 0.4) is 0 Å². The van der Waals surface area contributed by atoms with Gasteiger partial charge in [0.05, 0.1) is 27.8 Å². The largest absolute Gasteiger partial charge is 0.307 e. The first-order valence-electron chi connectivity index (χ1n) is 24.6. The van der Waals surface area contributed by atoms with E-state index in [9.17, 15) is 0 Å². The van der Waals surface area contributed by atoms with Gasteiger partial charge in [-0.3, -0.25) is 0 Å². The van der Waals surface area contributed by atoms with Crippen LogP contribution in [0.2, 0.25) is 0 Å². The van der Waals surface area contributed by atoms with E-state index in [-0.39, 0.29) is 5.41 Å². The molecule has 1 aliphatic rings. The van der Waals surface area contributed by atoms with Gasteiger partial charge < -0.3 is 9.13 Å². The SMILES string of the molecule is CC1(C)c2ccccc2-c2ccc(-c3nc(-c4ccc5c(c4)sc4ccccc45)nc(-c4ccc5c6ccccc6n(-c6cccc7c8ccccc8n(-c8cccc(-c9ccccc9)c8)c67)c5c4)n3)cc21. The average Bonchev–Trinajstić information content (AvgIpc) is 4.15. The maximum absolute atomic E-state index is 5.41. The molecule has 0 unspecified atom stereocenters. The van der Waals surface area contributed by atoms with Crippen LogP contribution >= 0.6 is 11.3 Å². The molecule has 0 spiro atoms. The Balaban J connectivity index is 0.959. The Bertz CT molecular complexity index is 4550. The maximum atomic E-state index is 5.41. The normalized spacial score (nSPS) is 13.0. The maximum Gasteiger partial charge on any atom is 0.164 e. The molecule has 0 bridgehead atoms. The van der Waals surface area contributed by atoms with Gasteiger partial charge in [-0.1, -0.05) is 184 Å². The summed E-state index contributed by atoms with van der Waals surface area (Å²) in [5, 5.41) is 7.25. The van der Waals surface area contributed by atoms with Gasteiger partial charge in [-0.25, -0.2) is 15.0 Å². The summed E-state index contributed by atoms with van der Waals surface area (Å²) in [6.45, 7) is 4.64. The first kappa shape index (κ1) is 40.9. The van der Waals surface area contributed by atoms with Crippen molar-refractivity contribution in [2.24, 2.45) is 0 Å². The Morgan fingerprint density at radius 2 is 0.903 bits per heavy atom. The van der Waals surface area contributed by atoms with Gasteiger partial charge in [-0.2, -0.15) is 0 Å². The van der Waals surface area contributed by atoms with Crippen molar-refractivity contribution in [1.82, 2.24) is 24.1 Å². The number of aromatic nitrogens is 5. The van der Waals surface area contributed by atoms with Crippen LogP contribution in [0.4, 0.5) is 0 Å². The molecule has 4 heterocycles. The van der Waals surface area contributed by atoms with E-state index >= 15 is 0 Å². The van der Waals surface area contributed by atoms with E-state index in [4.69, 9.17) is 15.0 Å². The zero-order valence-electron chi connectivity index (χ0n) is 39.5. The molecule has 4 aromatic heterocycles. The topological polar surface area (TPSA) is 48.5 Å². The number of para-hydroxylation sites is 3. The summed E-state index contributed by atoms with van der Waals surface area (Å²) in [4.78, 5) is 16.1. The second-order valence-corrected chi connectivity index (χ2v) is 20.7. The molecule has 1 aliphatic carbocycles. The van der Waals surface area contributed by atoms with E-state index < -0.39 is 0 Å². The van der Waals surface area contributed by atoms with E-state index in [2.05, 4.69) is 247 Å². The number of thiophene rings is 1. The smallest absolute Gasteiger partial charge is 0.164 e. The van der Waals surface area contributed by atoms with Crippen LogP contribution in [0.1, 0.15) is 25.0 Å². The molecule has 14 aromatic rings. The average molecular weight is 938 g/mol. The Hall–Kier alpha value is -8.97. The number of nitrogens with zero attached hydrogens (tertiary/aromatic N) is 5. The van der Waals surface area contributed by atoms with Crippen molar-refractivity contribution in [2.75, 3.05) is 0 Å². The van der Waals surface area contributed by atoms with Gasteiger partial charge in [0.2, 0.25) is 0 Å². The molecule has 0 saturated carbocycles. The van der Waals surface area contributed by atoms with Gasteiger partial charge in [0.15, 0.2) is 17.5 Å². The predicted molar refractivity (Wildman–Crippen MR) is 301 cm³/mol. The van der Waals surface area contributed by atoms with E-state index in [1.165, 1.54) is 69.7 Å². The highest BCUT2D eigenvalue weighted by molar-refractivity contribution is 7.25. The van der Waals surface area contributed by atoms with Crippen LogP contribution in [0.25, 0.3) is 132 Å². The minimum atomic E-state index is -0.176. The molecule has 15 rings (SSSR count). The third kappa shape index (κ3) is 6.09. The van der Waals surface area contributed by atoms with Gasteiger partial charge >= 0.3 is 0 Å². The molecule has 0 amide bonds. The highest BCUT2D eigenvalue weighted by Gasteiger charge is 2.35. The zero-order chi connectivity index (χ0) is 47.7. The minimum absolute atomic E-state index is 0.176. The van der Waals surface area contributed by atoms with E-state index in [1.807, 2.05) is 0 Å². The fourth-order valence-corrected chi connectivity index (χ4v) is 12.9. The molecule has 0 aliphatic heterocycles. The molecule has 338 valence electrons. The second kappa shape index (κ2) is 15.5. The fourth-order valence-electron chi connectivity index (χ4n) is 11.7. The number of hydrogen-bond donors (Lipinski definition) is 0. The lowest BCUT2D eigenvalue weighted by Crippen LogP contribution is -2.15. The van der Waals surface area contributed by atoms with Crippen LogP contribution in [0.5, 0.6) is 0 Å². The molecule has 72 heavy (non-hydrogen) atoms. The molecule has 6 heteroatoms. The Labute approximate surface area is 419 Å². The number of fused-ring (bicyclic) bond motifs is 12. The van der Waals surface area contributed by atoms with E-state index in [0.29, 0.717) is 17.5 Å². The molecule has 0 saturated heterocycles. The fraction of sp³-hybridized carbons (Fsp3) is 0.0455. The van der Waals surface area contributed by atoms with Crippen molar-refractivity contribution >= 4 is 75.1 Å². The van der Waals surface area contributed by atoms with Crippen molar-refractivity contribution < 1.29 is 0 Å². The summed E-state index contributed by atoms with van der Waals surface area (Å²) in [6, 6.07) is 81.4. The summed E-state index contributed by atoms with van der Waals surface area (Å²) in [5.41, 5.74) is 16.9. The summed E-state index contributed by atoms with van der Waals surface area (Å²) >= 11 is 1.81. The summed E-state index contributed by atoms with van der Waals surface area (Å²) in [6.07, 6.45) is 0. The molecule has 0 radical (unpaired) electrons. The first-order valence-corrected chi connectivity index (χ1v) is 25.4. The second-order valence-electron chi connectivity index (χ2n) is 19.6. The Morgan fingerprint density at radius 1 is 0.347 bits per heavy atom. The Morgan fingerprint density at radius 3 is 1.71 bits per heavy atom. The van der Waals surface area contributed by atoms with Gasteiger partial charge in [0.25, 0.3) is 0 Å². The molecule has 0 fully saturated rings. The van der Waals surface area contributed by atoms with Gasteiger partial charge in [-0.05, 0) is 88.0 Å². The first-order chi connectivity index (χ1) is 35.4. The van der Waals surface area contributed by atoms with Crippen LogP contribution in [0.15, 0.2) is 224 Å². The molecular weight excluding hydrogens is 895 g/mol. The van der Waals surface area contributed by atoms with Crippen LogP contribution in [0, 0.1) is 0 Å². The molecule has 0 N–H and O–H groups in total.